The Morgan fingerprint density at radius 3 is 2.19 bits per heavy atom. The number of unbranched alkanes of at least 4 members (excludes halogenated alkanes) is 7. The molecule has 2 heterocycles. The molecule has 3 rings (SSSR count). The summed E-state index contributed by atoms with van der Waals surface area (Å²) >= 11 is 0. The topological polar surface area (TPSA) is 49.9 Å². The van der Waals surface area contributed by atoms with Crippen molar-refractivity contribution in [2.75, 3.05) is 26.7 Å². The molecule has 0 spiro atoms. The molecule has 0 aliphatic carbocycles. The SMILES string of the molecule is CCCCCCCCCCN1C(=O)C(c2ccccc2OC)=C(N2CCC(C)CC2)C1=O. The molecule has 5 heteroatoms. The van der Waals surface area contributed by atoms with E-state index >= 15 is 0 Å². The number of hydrogen-bond donors (Lipinski definition) is 0. The first-order valence-electron chi connectivity index (χ1n) is 12.6. The summed E-state index contributed by atoms with van der Waals surface area (Å²) in [5.41, 5.74) is 1.81. The van der Waals surface area contributed by atoms with Gasteiger partial charge in [-0.25, -0.2) is 0 Å². The van der Waals surface area contributed by atoms with Gasteiger partial charge in [0, 0.05) is 25.2 Å². The van der Waals surface area contributed by atoms with Gasteiger partial charge < -0.3 is 9.64 Å². The minimum absolute atomic E-state index is 0.131. The van der Waals surface area contributed by atoms with Crippen LogP contribution >= 0.6 is 0 Å². The smallest absolute Gasteiger partial charge is 0.277 e. The molecule has 176 valence electrons. The Bertz CT molecular complexity index is 809. The number of amides is 2. The zero-order chi connectivity index (χ0) is 22.9. The highest BCUT2D eigenvalue weighted by Crippen LogP contribution is 2.37. The Morgan fingerprint density at radius 1 is 0.906 bits per heavy atom. The summed E-state index contributed by atoms with van der Waals surface area (Å²) in [6.07, 6.45) is 11.6. The van der Waals surface area contributed by atoms with Gasteiger partial charge in [-0.15, -0.1) is 0 Å². The first-order chi connectivity index (χ1) is 15.6. The van der Waals surface area contributed by atoms with E-state index in [1.54, 1.807) is 7.11 Å². The molecule has 1 fully saturated rings. The van der Waals surface area contributed by atoms with Crippen molar-refractivity contribution in [3.8, 4) is 5.75 Å². The first-order valence-corrected chi connectivity index (χ1v) is 12.6. The summed E-state index contributed by atoms with van der Waals surface area (Å²) in [7, 11) is 1.61. The van der Waals surface area contributed by atoms with Crippen molar-refractivity contribution < 1.29 is 14.3 Å². The predicted molar refractivity (Wildman–Crippen MR) is 129 cm³/mol. The minimum Gasteiger partial charge on any atom is -0.496 e. The number of carbonyl (C=O) groups is 2. The van der Waals surface area contributed by atoms with Crippen molar-refractivity contribution in [1.29, 1.82) is 0 Å². The van der Waals surface area contributed by atoms with Gasteiger partial charge in [0.2, 0.25) is 0 Å². The van der Waals surface area contributed by atoms with Crippen molar-refractivity contribution in [1.82, 2.24) is 9.80 Å². The molecule has 0 aromatic heterocycles. The molecule has 0 radical (unpaired) electrons. The van der Waals surface area contributed by atoms with Crippen LogP contribution in [0.25, 0.3) is 5.57 Å². The second kappa shape index (κ2) is 12.1. The Balaban J connectivity index is 1.72. The molecular formula is C27H40N2O3. The van der Waals surface area contributed by atoms with Crippen LogP contribution in [0.1, 0.15) is 83.6 Å². The summed E-state index contributed by atoms with van der Waals surface area (Å²) in [4.78, 5) is 30.6. The summed E-state index contributed by atoms with van der Waals surface area (Å²) in [6.45, 7) is 6.62. The van der Waals surface area contributed by atoms with E-state index < -0.39 is 0 Å². The van der Waals surface area contributed by atoms with Gasteiger partial charge >= 0.3 is 0 Å². The lowest BCUT2D eigenvalue weighted by atomic mass is 9.97. The summed E-state index contributed by atoms with van der Waals surface area (Å²) in [5.74, 6) is 0.993. The van der Waals surface area contributed by atoms with Crippen LogP contribution in [0.4, 0.5) is 0 Å². The Morgan fingerprint density at radius 2 is 1.53 bits per heavy atom. The van der Waals surface area contributed by atoms with Crippen molar-refractivity contribution in [2.45, 2.75) is 78.1 Å². The molecule has 1 aromatic carbocycles. The molecule has 0 saturated carbocycles. The molecular weight excluding hydrogens is 400 g/mol. The van der Waals surface area contributed by atoms with Crippen molar-refractivity contribution in [3.05, 3.63) is 35.5 Å². The maximum absolute atomic E-state index is 13.5. The highest BCUT2D eigenvalue weighted by atomic mass is 16.5. The van der Waals surface area contributed by atoms with Crippen molar-refractivity contribution >= 4 is 17.4 Å². The van der Waals surface area contributed by atoms with Gasteiger partial charge in [-0.05, 0) is 31.2 Å². The van der Waals surface area contributed by atoms with Gasteiger partial charge in [0.1, 0.15) is 11.4 Å². The predicted octanol–water partition coefficient (Wildman–Crippen LogP) is 5.65. The molecule has 1 saturated heterocycles. The quantitative estimate of drug-likeness (QED) is 0.311. The maximum Gasteiger partial charge on any atom is 0.277 e. The third kappa shape index (κ3) is 5.73. The minimum atomic E-state index is -0.170. The van der Waals surface area contributed by atoms with Crippen LogP contribution in [0.3, 0.4) is 0 Å². The third-order valence-electron chi connectivity index (χ3n) is 6.85. The number of piperidine rings is 1. The second-order valence-corrected chi connectivity index (χ2v) is 9.33. The lowest BCUT2D eigenvalue weighted by molar-refractivity contribution is -0.137. The summed E-state index contributed by atoms with van der Waals surface area (Å²) < 4.78 is 5.55. The second-order valence-electron chi connectivity index (χ2n) is 9.33. The van der Waals surface area contributed by atoms with E-state index in [9.17, 15) is 9.59 Å². The first kappa shape index (κ1) is 24.3. The normalized spacial score (nSPS) is 17.6. The largest absolute Gasteiger partial charge is 0.496 e. The Kier molecular flexibility index (Phi) is 9.19. The standard InChI is InChI=1S/C27H40N2O3/c1-4-5-6-7-8-9-10-13-18-29-26(30)24(22-14-11-12-15-23(22)32-3)25(27(29)31)28-19-16-21(2)17-20-28/h11-12,14-15,21H,4-10,13,16-20H2,1-3H3. The van der Waals surface area contributed by atoms with Crippen molar-refractivity contribution in [2.24, 2.45) is 5.92 Å². The molecule has 0 atom stereocenters. The number of para-hydroxylation sites is 1. The molecule has 32 heavy (non-hydrogen) atoms. The zero-order valence-electron chi connectivity index (χ0n) is 20.2. The molecule has 2 aliphatic heterocycles. The number of likely N-dealkylation sites (tertiary alicyclic amines) is 1. The van der Waals surface area contributed by atoms with E-state index in [0.717, 1.165) is 44.3 Å². The maximum atomic E-state index is 13.5. The fourth-order valence-electron chi connectivity index (χ4n) is 4.79. The van der Waals surface area contributed by atoms with Gasteiger partial charge in [0.05, 0.1) is 12.7 Å². The Hall–Kier alpha value is -2.30. The molecule has 0 N–H and O–H groups in total. The molecule has 5 nitrogen and oxygen atoms in total. The molecule has 0 unspecified atom stereocenters. The van der Waals surface area contributed by atoms with Crippen molar-refractivity contribution in [3.63, 3.8) is 0 Å². The molecule has 1 aromatic rings. The fraction of sp³-hybridized carbons (Fsp3) is 0.630. The highest BCUT2D eigenvalue weighted by Gasteiger charge is 2.42. The number of rotatable bonds is 12. The number of methoxy groups -OCH3 is 1. The fourth-order valence-corrected chi connectivity index (χ4v) is 4.79. The van der Waals surface area contributed by atoms with E-state index in [2.05, 4.69) is 18.7 Å². The number of benzene rings is 1. The lowest BCUT2D eigenvalue weighted by Crippen LogP contribution is -2.38. The third-order valence-corrected chi connectivity index (χ3v) is 6.85. The van der Waals surface area contributed by atoms with Gasteiger partial charge in [0.25, 0.3) is 11.8 Å². The van der Waals surface area contributed by atoms with Crippen LogP contribution in [0.2, 0.25) is 0 Å². The highest BCUT2D eigenvalue weighted by molar-refractivity contribution is 6.36. The molecule has 2 aliphatic rings. The number of nitrogens with zero attached hydrogens (tertiary/aromatic N) is 2. The van der Waals surface area contributed by atoms with Crippen LogP contribution in [-0.4, -0.2) is 48.4 Å². The van der Waals surface area contributed by atoms with E-state index in [1.165, 1.54) is 43.4 Å². The average molecular weight is 441 g/mol. The van der Waals surface area contributed by atoms with Crippen LogP contribution in [0, 0.1) is 5.92 Å². The van der Waals surface area contributed by atoms with Crippen LogP contribution in [0.15, 0.2) is 30.0 Å². The zero-order valence-corrected chi connectivity index (χ0v) is 20.2. The van der Waals surface area contributed by atoms with Gasteiger partial charge in [-0.1, -0.05) is 77.0 Å². The summed E-state index contributed by atoms with van der Waals surface area (Å²) in [6, 6.07) is 7.55. The lowest BCUT2D eigenvalue weighted by Gasteiger charge is -2.32. The number of hydrogen-bond acceptors (Lipinski definition) is 4. The van der Waals surface area contributed by atoms with E-state index in [4.69, 9.17) is 4.74 Å². The molecule has 0 bridgehead atoms. The van der Waals surface area contributed by atoms with E-state index in [1.807, 2.05) is 24.3 Å². The van der Waals surface area contributed by atoms with E-state index in [0.29, 0.717) is 29.5 Å². The monoisotopic (exact) mass is 440 g/mol. The average Bonchev–Trinajstić information content (AvgIpc) is 3.05. The Labute approximate surface area is 193 Å². The van der Waals surface area contributed by atoms with Gasteiger partial charge in [-0.3, -0.25) is 14.5 Å². The van der Waals surface area contributed by atoms with Crippen LogP contribution < -0.4 is 4.74 Å². The van der Waals surface area contributed by atoms with Gasteiger partial charge in [0.15, 0.2) is 0 Å². The number of imide groups is 1. The number of ether oxygens (including phenoxy) is 1. The van der Waals surface area contributed by atoms with Gasteiger partial charge in [-0.2, -0.15) is 0 Å². The van der Waals surface area contributed by atoms with E-state index in [-0.39, 0.29) is 11.8 Å². The molecule has 2 amide bonds. The number of carbonyl (C=O) groups excluding carboxylic acids is 2. The van der Waals surface area contributed by atoms with Crippen LogP contribution in [-0.2, 0) is 9.59 Å². The van der Waals surface area contributed by atoms with Crippen LogP contribution in [0.5, 0.6) is 5.75 Å². The summed E-state index contributed by atoms with van der Waals surface area (Å²) in [5, 5.41) is 0.